The molecule has 0 spiro atoms. The zero-order valence-corrected chi connectivity index (χ0v) is 11.8. The molecule has 2 N–H and O–H groups in total. The summed E-state index contributed by atoms with van der Waals surface area (Å²) in [7, 11) is 4.07. The number of anilines is 1. The van der Waals surface area contributed by atoms with Gasteiger partial charge in [0, 0.05) is 45.3 Å². The molecule has 1 saturated carbocycles. The largest absolute Gasteiger partial charge is 0.378 e. The lowest BCUT2D eigenvalue weighted by Gasteiger charge is -2.12. The molecule has 1 aliphatic rings. The maximum absolute atomic E-state index is 11.5. The number of benzene rings is 1. The summed E-state index contributed by atoms with van der Waals surface area (Å²) in [6.07, 6.45) is 2.86. The molecule has 0 unspecified atom stereocenters. The first-order chi connectivity index (χ1) is 9.15. The van der Waals surface area contributed by atoms with Gasteiger partial charge in [-0.05, 0) is 30.5 Å². The van der Waals surface area contributed by atoms with Gasteiger partial charge >= 0.3 is 0 Å². The Morgan fingerprint density at radius 2 is 1.95 bits per heavy atom. The third kappa shape index (κ3) is 4.91. The summed E-state index contributed by atoms with van der Waals surface area (Å²) in [4.78, 5) is 13.6. The molecule has 1 aromatic carbocycles. The van der Waals surface area contributed by atoms with E-state index in [1.165, 1.54) is 11.3 Å². The van der Waals surface area contributed by atoms with Crippen molar-refractivity contribution in [2.75, 3.05) is 25.5 Å². The molecule has 0 aliphatic heterocycles. The molecule has 0 heterocycles. The highest BCUT2D eigenvalue weighted by Gasteiger charge is 2.22. The van der Waals surface area contributed by atoms with Crippen molar-refractivity contribution in [2.45, 2.75) is 31.8 Å². The number of nitrogens with one attached hydrogen (secondary N) is 2. The molecule has 1 aromatic rings. The van der Waals surface area contributed by atoms with Gasteiger partial charge in [-0.2, -0.15) is 0 Å². The van der Waals surface area contributed by atoms with Gasteiger partial charge in [-0.15, -0.1) is 0 Å². The Balaban J connectivity index is 1.63. The minimum absolute atomic E-state index is 0.165. The van der Waals surface area contributed by atoms with Crippen LogP contribution in [0.2, 0.25) is 0 Å². The Labute approximate surface area is 115 Å². The van der Waals surface area contributed by atoms with Crippen LogP contribution < -0.4 is 15.5 Å². The van der Waals surface area contributed by atoms with Crippen molar-refractivity contribution in [1.29, 1.82) is 0 Å². The highest BCUT2D eigenvalue weighted by atomic mass is 16.1. The minimum atomic E-state index is 0.165. The smallest absolute Gasteiger partial charge is 0.221 e. The second-order valence-electron chi connectivity index (χ2n) is 5.33. The average molecular weight is 261 g/mol. The lowest BCUT2D eigenvalue weighted by Crippen LogP contribution is -2.28. The van der Waals surface area contributed by atoms with Crippen molar-refractivity contribution < 1.29 is 4.79 Å². The van der Waals surface area contributed by atoms with E-state index in [2.05, 4.69) is 39.8 Å². The Morgan fingerprint density at radius 1 is 1.26 bits per heavy atom. The van der Waals surface area contributed by atoms with Crippen molar-refractivity contribution in [3.63, 3.8) is 0 Å². The van der Waals surface area contributed by atoms with Crippen LogP contribution in [0.1, 0.15) is 24.8 Å². The number of hydrogen-bond acceptors (Lipinski definition) is 3. The van der Waals surface area contributed by atoms with Gasteiger partial charge in [0.25, 0.3) is 0 Å². The molecule has 4 heteroatoms. The van der Waals surface area contributed by atoms with Gasteiger partial charge in [0.1, 0.15) is 0 Å². The fraction of sp³-hybridized carbons (Fsp3) is 0.533. The number of hydrogen-bond donors (Lipinski definition) is 2. The third-order valence-corrected chi connectivity index (χ3v) is 3.25. The first-order valence-corrected chi connectivity index (χ1v) is 6.91. The molecule has 4 nitrogen and oxygen atoms in total. The quantitative estimate of drug-likeness (QED) is 0.731. The summed E-state index contributed by atoms with van der Waals surface area (Å²) in [5.74, 6) is 0.165. The van der Waals surface area contributed by atoms with Gasteiger partial charge in [-0.3, -0.25) is 4.79 Å². The van der Waals surface area contributed by atoms with Crippen LogP contribution in [-0.2, 0) is 11.3 Å². The average Bonchev–Trinajstić information content (AvgIpc) is 3.19. The molecule has 1 amide bonds. The number of carbonyl (C=O) groups excluding carboxylic acids is 1. The Bertz CT molecular complexity index is 410. The topological polar surface area (TPSA) is 44.4 Å². The summed E-state index contributed by atoms with van der Waals surface area (Å²) >= 11 is 0. The van der Waals surface area contributed by atoms with Crippen LogP contribution in [0.5, 0.6) is 0 Å². The van der Waals surface area contributed by atoms with Gasteiger partial charge in [-0.25, -0.2) is 0 Å². The van der Waals surface area contributed by atoms with Crippen molar-refractivity contribution in [3.8, 4) is 0 Å². The van der Waals surface area contributed by atoms with Gasteiger partial charge in [-0.1, -0.05) is 12.1 Å². The summed E-state index contributed by atoms with van der Waals surface area (Å²) < 4.78 is 0. The molecule has 0 bridgehead atoms. The molecule has 2 rings (SSSR count). The standard InChI is InChI=1S/C15H23N3O/c1-18(2)14-7-3-12(4-8-14)11-16-10-9-15(19)17-13-5-6-13/h3-4,7-8,13,16H,5-6,9-11H2,1-2H3,(H,17,19). The normalized spacial score (nSPS) is 14.2. The van der Waals surface area contributed by atoms with Gasteiger partial charge in [0.05, 0.1) is 0 Å². The summed E-state index contributed by atoms with van der Waals surface area (Å²) in [6.45, 7) is 1.54. The van der Waals surface area contributed by atoms with Crippen LogP contribution in [0.15, 0.2) is 24.3 Å². The van der Waals surface area contributed by atoms with Crippen LogP contribution >= 0.6 is 0 Å². The van der Waals surface area contributed by atoms with E-state index in [9.17, 15) is 4.79 Å². The van der Waals surface area contributed by atoms with Crippen LogP contribution in [0.4, 0.5) is 5.69 Å². The van der Waals surface area contributed by atoms with E-state index in [0.29, 0.717) is 12.5 Å². The number of nitrogens with zero attached hydrogens (tertiary/aromatic N) is 1. The number of carbonyl (C=O) groups is 1. The fourth-order valence-electron chi connectivity index (χ4n) is 1.87. The summed E-state index contributed by atoms with van der Waals surface area (Å²) in [6, 6.07) is 8.92. The highest BCUT2D eigenvalue weighted by molar-refractivity contribution is 5.76. The first-order valence-electron chi connectivity index (χ1n) is 6.91. The van der Waals surface area contributed by atoms with Crippen LogP contribution in [-0.4, -0.2) is 32.6 Å². The predicted octanol–water partition coefficient (Wildman–Crippen LogP) is 1.51. The molecule has 0 radical (unpaired) electrons. The maximum atomic E-state index is 11.5. The van der Waals surface area contributed by atoms with E-state index >= 15 is 0 Å². The van der Waals surface area contributed by atoms with Crippen molar-refractivity contribution in [3.05, 3.63) is 29.8 Å². The Morgan fingerprint density at radius 3 is 2.53 bits per heavy atom. The lowest BCUT2D eigenvalue weighted by atomic mass is 10.2. The van der Waals surface area contributed by atoms with Crippen LogP contribution in [0.25, 0.3) is 0 Å². The second-order valence-corrected chi connectivity index (χ2v) is 5.33. The fourth-order valence-corrected chi connectivity index (χ4v) is 1.87. The van der Waals surface area contributed by atoms with Crippen molar-refractivity contribution in [1.82, 2.24) is 10.6 Å². The molecule has 0 aromatic heterocycles. The van der Waals surface area contributed by atoms with Gasteiger partial charge < -0.3 is 15.5 Å². The molecular weight excluding hydrogens is 238 g/mol. The molecule has 104 valence electrons. The molecule has 1 fully saturated rings. The number of amides is 1. The number of rotatable bonds is 7. The first kappa shape index (κ1) is 13.9. The van der Waals surface area contributed by atoms with Crippen LogP contribution in [0.3, 0.4) is 0 Å². The van der Waals surface area contributed by atoms with Gasteiger partial charge in [0.2, 0.25) is 5.91 Å². The van der Waals surface area contributed by atoms with Gasteiger partial charge in [0.15, 0.2) is 0 Å². The summed E-state index contributed by atoms with van der Waals surface area (Å²) in [5, 5.41) is 6.29. The SMILES string of the molecule is CN(C)c1ccc(CNCCC(=O)NC2CC2)cc1. The molecule has 0 atom stereocenters. The van der Waals surface area contributed by atoms with E-state index in [4.69, 9.17) is 0 Å². The summed E-state index contributed by atoms with van der Waals surface area (Å²) in [5.41, 5.74) is 2.45. The van der Waals surface area contributed by atoms with E-state index < -0.39 is 0 Å². The zero-order chi connectivity index (χ0) is 13.7. The maximum Gasteiger partial charge on any atom is 0.221 e. The monoisotopic (exact) mass is 261 g/mol. The molecular formula is C15H23N3O. The molecule has 19 heavy (non-hydrogen) atoms. The second kappa shape index (κ2) is 6.57. The minimum Gasteiger partial charge on any atom is -0.378 e. The Kier molecular flexibility index (Phi) is 4.80. The van der Waals surface area contributed by atoms with Crippen molar-refractivity contribution in [2.24, 2.45) is 0 Å². The predicted molar refractivity (Wildman–Crippen MR) is 78.3 cm³/mol. The van der Waals surface area contributed by atoms with E-state index in [1.807, 2.05) is 14.1 Å². The van der Waals surface area contributed by atoms with E-state index in [1.54, 1.807) is 0 Å². The molecule has 0 saturated heterocycles. The molecule has 1 aliphatic carbocycles. The van der Waals surface area contributed by atoms with E-state index in [0.717, 1.165) is 25.9 Å². The Hall–Kier alpha value is -1.55. The zero-order valence-electron chi connectivity index (χ0n) is 11.8. The third-order valence-electron chi connectivity index (χ3n) is 3.25. The van der Waals surface area contributed by atoms with E-state index in [-0.39, 0.29) is 5.91 Å². The highest BCUT2D eigenvalue weighted by Crippen LogP contribution is 2.18. The van der Waals surface area contributed by atoms with Crippen LogP contribution in [0, 0.1) is 0 Å². The lowest BCUT2D eigenvalue weighted by molar-refractivity contribution is -0.121. The van der Waals surface area contributed by atoms with Crippen molar-refractivity contribution >= 4 is 11.6 Å².